The highest BCUT2D eigenvalue weighted by atomic mass is 16.4. The first kappa shape index (κ1) is 12.9. The van der Waals surface area contributed by atoms with Crippen molar-refractivity contribution in [2.45, 2.75) is 6.42 Å². The van der Waals surface area contributed by atoms with Gasteiger partial charge in [0.25, 0.3) is 0 Å². The van der Waals surface area contributed by atoms with Crippen LogP contribution in [0.25, 0.3) is 0 Å². The summed E-state index contributed by atoms with van der Waals surface area (Å²) < 4.78 is 0. The summed E-state index contributed by atoms with van der Waals surface area (Å²) >= 11 is 0. The Kier molecular flexibility index (Phi) is 3.12. The predicted molar refractivity (Wildman–Crippen MR) is 63.2 cm³/mol. The molecule has 1 atom stereocenters. The molecule has 1 saturated heterocycles. The summed E-state index contributed by atoms with van der Waals surface area (Å²) in [5.74, 6) is -3.84. The number of nitrogens with zero attached hydrogens (tertiary/aromatic N) is 1. The number of anilines is 1. The summed E-state index contributed by atoms with van der Waals surface area (Å²) in [6, 6.07) is 3.52. The Labute approximate surface area is 107 Å². The molecule has 0 aromatic heterocycles. The fourth-order valence-electron chi connectivity index (χ4n) is 1.98. The summed E-state index contributed by atoms with van der Waals surface area (Å²) in [6.07, 6.45) is -0.161. The van der Waals surface area contributed by atoms with E-state index in [0.29, 0.717) is 0 Å². The van der Waals surface area contributed by atoms with Crippen LogP contribution >= 0.6 is 0 Å². The third-order valence-electron chi connectivity index (χ3n) is 2.99. The molecule has 1 aliphatic rings. The molecule has 1 unspecified atom stereocenters. The summed E-state index contributed by atoms with van der Waals surface area (Å²) in [7, 11) is 0. The van der Waals surface area contributed by atoms with Crippen LogP contribution < -0.4 is 4.90 Å². The van der Waals surface area contributed by atoms with Crippen LogP contribution in [0.5, 0.6) is 5.75 Å². The highest BCUT2D eigenvalue weighted by Gasteiger charge is 2.36. The smallest absolute Gasteiger partial charge is 0.335 e. The zero-order chi connectivity index (χ0) is 14.2. The summed E-state index contributed by atoms with van der Waals surface area (Å²) in [5, 5.41) is 27.4. The highest BCUT2D eigenvalue weighted by molar-refractivity contribution is 6.01. The van der Waals surface area contributed by atoms with Crippen LogP contribution in [0.3, 0.4) is 0 Å². The van der Waals surface area contributed by atoms with E-state index in [2.05, 4.69) is 0 Å². The van der Waals surface area contributed by atoms with Crippen LogP contribution in [0.1, 0.15) is 16.8 Å². The van der Waals surface area contributed by atoms with E-state index in [1.165, 1.54) is 12.1 Å². The number of carboxylic acid groups (broad SMARTS) is 2. The Morgan fingerprint density at radius 3 is 2.47 bits per heavy atom. The minimum atomic E-state index is -1.19. The van der Waals surface area contributed by atoms with Gasteiger partial charge in [-0.05, 0) is 18.2 Å². The van der Waals surface area contributed by atoms with Crippen LogP contribution in [-0.4, -0.2) is 39.7 Å². The lowest BCUT2D eigenvalue weighted by molar-refractivity contribution is -0.141. The van der Waals surface area contributed by atoms with Gasteiger partial charge in [0.1, 0.15) is 5.75 Å². The molecule has 1 aromatic rings. The van der Waals surface area contributed by atoms with Crippen molar-refractivity contribution in [1.82, 2.24) is 0 Å². The molecule has 0 aliphatic carbocycles. The Hall–Kier alpha value is -2.57. The second kappa shape index (κ2) is 4.60. The second-order valence-corrected chi connectivity index (χ2v) is 4.25. The van der Waals surface area contributed by atoms with E-state index in [-0.39, 0.29) is 30.0 Å². The average molecular weight is 265 g/mol. The van der Waals surface area contributed by atoms with Gasteiger partial charge in [-0.15, -0.1) is 0 Å². The number of aromatic carboxylic acids is 1. The molecule has 1 aromatic carbocycles. The molecule has 3 N–H and O–H groups in total. The van der Waals surface area contributed by atoms with Crippen molar-refractivity contribution >= 4 is 23.5 Å². The van der Waals surface area contributed by atoms with E-state index in [9.17, 15) is 19.5 Å². The number of phenolic OH excluding ortho intramolecular Hbond substituents is 1. The molecule has 1 aliphatic heterocycles. The first-order chi connectivity index (χ1) is 8.90. The van der Waals surface area contributed by atoms with Gasteiger partial charge in [-0.2, -0.15) is 0 Å². The molecular weight excluding hydrogens is 254 g/mol. The van der Waals surface area contributed by atoms with Crippen molar-refractivity contribution < 1.29 is 29.7 Å². The molecular formula is C12H11NO6. The fourth-order valence-corrected chi connectivity index (χ4v) is 1.98. The Bertz CT molecular complexity index is 567. The molecule has 0 bridgehead atoms. The van der Waals surface area contributed by atoms with Crippen LogP contribution in [0.4, 0.5) is 5.69 Å². The lowest BCUT2D eigenvalue weighted by Gasteiger charge is -2.17. The van der Waals surface area contributed by atoms with E-state index in [1.807, 2.05) is 0 Å². The van der Waals surface area contributed by atoms with Gasteiger partial charge in [0.05, 0.1) is 17.2 Å². The van der Waals surface area contributed by atoms with E-state index >= 15 is 0 Å². The number of aromatic hydroxyl groups is 1. The van der Waals surface area contributed by atoms with Crippen LogP contribution in [-0.2, 0) is 9.59 Å². The molecule has 0 saturated carbocycles. The minimum absolute atomic E-state index is 0.0219. The van der Waals surface area contributed by atoms with Gasteiger partial charge in [0.15, 0.2) is 0 Å². The molecule has 19 heavy (non-hydrogen) atoms. The Morgan fingerprint density at radius 1 is 1.26 bits per heavy atom. The molecule has 2 rings (SSSR count). The first-order valence-corrected chi connectivity index (χ1v) is 5.49. The van der Waals surface area contributed by atoms with Gasteiger partial charge >= 0.3 is 11.9 Å². The monoisotopic (exact) mass is 265 g/mol. The molecule has 7 nitrogen and oxygen atoms in total. The third-order valence-corrected chi connectivity index (χ3v) is 2.99. The molecule has 0 radical (unpaired) electrons. The van der Waals surface area contributed by atoms with Gasteiger partial charge in [-0.3, -0.25) is 9.59 Å². The standard InChI is InChI=1S/C12H11NO6/c14-9-2-1-6(11(16)17)3-8(9)13-5-7(12(18)19)4-10(13)15/h1-3,7,14H,4-5H2,(H,16,17)(H,18,19). The molecule has 1 amide bonds. The molecule has 0 spiro atoms. The van der Waals surface area contributed by atoms with Gasteiger partial charge < -0.3 is 20.2 Å². The first-order valence-electron chi connectivity index (χ1n) is 5.49. The number of amides is 1. The van der Waals surface area contributed by atoms with Gasteiger partial charge in [-0.1, -0.05) is 0 Å². The van der Waals surface area contributed by atoms with E-state index in [4.69, 9.17) is 10.2 Å². The van der Waals surface area contributed by atoms with E-state index < -0.39 is 23.8 Å². The average Bonchev–Trinajstić information content (AvgIpc) is 2.72. The number of carboxylic acids is 2. The zero-order valence-electron chi connectivity index (χ0n) is 9.74. The molecule has 1 fully saturated rings. The van der Waals surface area contributed by atoms with Crippen LogP contribution in [0.2, 0.25) is 0 Å². The van der Waals surface area contributed by atoms with Crippen molar-refractivity contribution in [1.29, 1.82) is 0 Å². The van der Waals surface area contributed by atoms with Gasteiger partial charge in [-0.25, -0.2) is 4.79 Å². The number of hydrogen-bond acceptors (Lipinski definition) is 4. The van der Waals surface area contributed by atoms with Gasteiger partial charge in [0.2, 0.25) is 5.91 Å². The number of phenols is 1. The number of aliphatic carboxylic acids is 1. The highest BCUT2D eigenvalue weighted by Crippen LogP contribution is 2.33. The normalized spacial score (nSPS) is 18.6. The largest absolute Gasteiger partial charge is 0.506 e. The fraction of sp³-hybridized carbons (Fsp3) is 0.250. The van der Waals surface area contributed by atoms with Crippen LogP contribution in [0.15, 0.2) is 18.2 Å². The maximum absolute atomic E-state index is 11.7. The van der Waals surface area contributed by atoms with E-state index in [0.717, 1.165) is 11.0 Å². The van der Waals surface area contributed by atoms with Crippen molar-refractivity contribution in [3.8, 4) is 5.75 Å². The summed E-state index contributed by atoms with van der Waals surface area (Å²) in [4.78, 5) is 34.5. The maximum atomic E-state index is 11.7. The summed E-state index contributed by atoms with van der Waals surface area (Å²) in [5.41, 5.74) is -0.0620. The third kappa shape index (κ3) is 2.35. The lowest BCUT2D eigenvalue weighted by Crippen LogP contribution is -2.26. The lowest BCUT2D eigenvalue weighted by atomic mass is 10.1. The Morgan fingerprint density at radius 2 is 1.95 bits per heavy atom. The SMILES string of the molecule is O=C(O)c1ccc(O)c(N2CC(C(=O)O)CC2=O)c1. The molecule has 100 valence electrons. The topological polar surface area (TPSA) is 115 Å². The molecule has 7 heteroatoms. The maximum Gasteiger partial charge on any atom is 0.335 e. The summed E-state index contributed by atoms with van der Waals surface area (Å²) in [6.45, 7) is -0.0786. The van der Waals surface area contributed by atoms with Gasteiger partial charge in [0, 0.05) is 13.0 Å². The van der Waals surface area contributed by atoms with Crippen molar-refractivity contribution in [3.63, 3.8) is 0 Å². The van der Waals surface area contributed by atoms with Crippen molar-refractivity contribution in [2.75, 3.05) is 11.4 Å². The minimum Gasteiger partial charge on any atom is -0.506 e. The number of benzene rings is 1. The number of rotatable bonds is 3. The quantitative estimate of drug-likeness (QED) is 0.734. The second-order valence-electron chi connectivity index (χ2n) is 4.25. The van der Waals surface area contributed by atoms with Crippen molar-refractivity contribution in [2.24, 2.45) is 5.92 Å². The molecule has 1 heterocycles. The number of carbonyl (C=O) groups excluding carboxylic acids is 1. The number of hydrogen-bond donors (Lipinski definition) is 3. The van der Waals surface area contributed by atoms with Crippen molar-refractivity contribution in [3.05, 3.63) is 23.8 Å². The number of carbonyl (C=O) groups is 3. The van der Waals surface area contributed by atoms with E-state index in [1.54, 1.807) is 0 Å². The predicted octanol–water partition coefficient (Wildman–Crippen LogP) is 0.528. The zero-order valence-corrected chi connectivity index (χ0v) is 9.74. The Balaban J connectivity index is 2.36. The van der Waals surface area contributed by atoms with Crippen LogP contribution in [0, 0.1) is 5.92 Å².